The van der Waals surface area contributed by atoms with Crippen molar-refractivity contribution in [3.63, 3.8) is 0 Å². The summed E-state index contributed by atoms with van der Waals surface area (Å²) in [5.74, 6) is 5.07. The van der Waals surface area contributed by atoms with Crippen molar-refractivity contribution in [1.82, 2.24) is 14.9 Å². The van der Waals surface area contributed by atoms with Crippen LogP contribution in [0.4, 0.5) is 10.1 Å². The molecule has 0 atom stereocenters. The van der Waals surface area contributed by atoms with Gasteiger partial charge >= 0.3 is 0 Å². The van der Waals surface area contributed by atoms with E-state index in [9.17, 15) is 9.18 Å². The van der Waals surface area contributed by atoms with Gasteiger partial charge in [-0.25, -0.2) is 9.07 Å². The number of anilines is 1. The number of benzene rings is 2. The molecule has 12 heteroatoms. The van der Waals surface area contributed by atoms with Crippen molar-refractivity contribution in [2.24, 2.45) is 0 Å². The number of nitrogens with zero attached hydrogens (tertiary/aromatic N) is 3. The fraction of sp³-hybridized carbons (Fsp3) is 0.0625. The lowest BCUT2D eigenvalue weighted by atomic mass is 10.2. The molecule has 0 saturated heterocycles. The largest absolute Gasteiger partial charge is 0.335 e. The first kappa shape index (κ1) is 21.0. The van der Waals surface area contributed by atoms with E-state index in [1.165, 1.54) is 12.1 Å². The van der Waals surface area contributed by atoms with Gasteiger partial charge in [-0.1, -0.05) is 58.2 Å². The van der Waals surface area contributed by atoms with Gasteiger partial charge < -0.3 is 11.2 Å². The number of hydrogen-bond acceptors (Lipinski definition) is 5. The Morgan fingerprint density at radius 2 is 1.86 bits per heavy atom. The molecule has 1 aromatic heterocycles. The predicted octanol–water partition coefficient (Wildman–Crippen LogP) is 5.14. The second kappa shape index (κ2) is 8.75. The quantitative estimate of drug-likeness (QED) is 0.300. The Labute approximate surface area is 183 Å². The molecule has 1 amide bonds. The monoisotopic (exact) mass is 479 g/mol. The molecule has 0 saturated carbocycles. The van der Waals surface area contributed by atoms with E-state index in [1.54, 1.807) is 12.1 Å². The Morgan fingerprint density at radius 3 is 2.57 bits per heavy atom. The third-order valence-electron chi connectivity index (χ3n) is 3.45. The van der Waals surface area contributed by atoms with Crippen LogP contribution in [-0.2, 0) is 4.79 Å². The lowest BCUT2D eigenvalue weighted by Crippen LogP contribution is -2.16. The number of carbonyl (C=O) groups is 1. The zero-order chi connectivity index (χ0) is 20.4. The Bertz CT molecular complexity index is 1060. The number of rotatable bonds is 5. The summed E-state index contributed by atoms with van der Waals surface area (Å²) < 4.78 is 14.8. The minimum Gasteiger partial charge on any atom is -0.335 e. The summed E-state index contributed by atoms with van der Waals surface area (Å²) >= 11 is 24.6. The SMILES string of the molecule is Nn1c(SCC(=O)Nc2ccc(Cl)cc2Cl)nnc1-c1cc(F)c(Cl)cc1Cl. The zero-order valence-electron chi connectivity index (χ0n) is 13.7. The molecule has 0 aliphatic rings. The fourth-order valence-electron chi connectivity index (χ4n) is 2.16. The average Bonchev–Trinajstić information content (AvgIpc) is 2.99. The molecule has 6 nitrogen and oxygen atoms in total. The van der Waals surface area contributed by atoms with E-state index in [0.29, 0.717) is 15.7 Å². The maximum Gasteiger partial charge on any atom is 0.234 e. The number of nitrogens with two attached hydrogens (primary N) is 1. The van der Waals surface area contributed by atoms with Crippen molar-refractivity contribution in [3.05, 3.63) is 56.2 Å². The van der Waals surface area contributed by atoms with Crippen LogP contribution in [0.1, 0.15) is 0 Å². The van der Waals surface area contributed by atoms with Gasteiger partial charge in [-0.05, 0) is 30.3 Å². The van der Waals surface area contributed by atoms with Gasteiger partial charge in [0, 0.05) is 10.6 Å². The van der Waals surface area contributed by atoms with Crippen molar-refractivity contribution in [1.29, 1.82) is 0 Å². The number of carbonyl (C=O) groups excluding carboxylic acids is 1. The van der Waals surface area contributed by atoms with Crippen LogP contribution in [0.3, 0.4) is 0 Å². The second-order valence-electron chi connectivity index (χ2n) is 5.38. The molecule has 0 spiro atoms. The van der Waals surface area contributed by atoms with Gasteiger partial charge in [-0.3, -0.25) is 4.79 Å². The minimum atomic E-state index is -0.669. The fourth-order valence-corrected chi connectivity index (χ4v) is 3.74. The first-order valence-electron chi connectivity index (χ1n) is 7.49. The van der Waals surface area contributed by atoms with Crippen LogP contribution in [0.15, 0.2) is 35.5 Å². The molecule has 3 rings (SSSR count). The van der Waals surface area contributed by atoms with Gasteiger partial charge in [0.25, 0.3) is 0 Å². The van der Waals surface area contributed by atoms with Gasteiger partial charge in [0.05, 0.1) is 26.5 Å². The Balaban J connectivity index is 1.71. The third-order valence-corrected chi connectivity index (χ3v) is 5.55. The van der Waals surface area contributed by atoms with Crippen LogP contribution < -0.4 is 11.2 Å². The normalized spacial score (nSPS) is 10.9. The topological polar surface area (TPSA) is 85.8 Å². The molecule has 146 valence electrons. The Kier molecular flexibility index (Phi) is 6.57. The standard InChI is InChI=1S/C16H10Cl4FN5OS/c17-7-1-2-13(11(20)3-7)23-14(27)6-28-16-25-24-15(26(16)22)8-4-12(21)10(19)5-9(8)18/h1-5H,6,22H2,(H,23,27). The van der Waals surface area contributed by atoms with Crippen molar-refractivity contribution in [2.75, 3.05) is 16.9 Å². The first-order chi connectivity index (χ1) is 13.3. The molecule has 0 aliphatic carbocycles. The van der Waals surface area contributed by atoms with E-state index < -0.39 is 5.82 Å². The van der Waals surface area contributed by atoms with Gasteiger partial charge in [0.1, 0.15) is 5.82 Å². The van der Waals surface area contributed by atoms with E-state index in [4.69, 9.17) is 52.2 Å². The zero-order valence-corrected chi connectivity index (χ0v) is 17.6. The molecule has 3 N–H and O–H groups in total. The Morgan fingerprint density at radius 1 is 1.11 bits per heavy atom. The van der Waals surface area contributed by atoms with Gasteiger partial charge in [0.2, 0.25) is 11.1 Å². The number of nitrogens with one attached hydrogen (secondary N) is 1. The second-order valence-corrected chi connectivity index (χ2v) is 7.98. The minimum absolute atomic E-state index is 0.0169. The first-order valence-corrected chi connectivity index (χ1v) is 9.99. The molecular weight excluding hydrogens is 471 g/mol. The van der Waals surface area contributed by atoms with E-state index >= 15 is 0 Å². The van der Waals surface area contributed by atoms with E-state index in [2.05, 4.69) is 15.5 Å². The van der Waals surface area contributed by atoms with E-state index in [-0.39, 0.29) is 38.2 Å². The highest BCUT2D eigenvalue weighted by molar-refractivity contribution is 7.99. The van der Waals surface area contributed by atoms with Gasteiger partial charge in [-0.15, -0.1) is 10.2 Å². The van der Waals surface area contributed by atoms with Crippen molar-refractivity contribution in [2.45, 2.75) is 5.16 Å². The number of halogens is 5. The average molecular weight is 481 g/mol. The summed E-state index contributed by atoms with van der Waals surface area (Å²) in [6.07, 6.45) is 0. The van der Waals surface area contributed by atoms with Crippen LogP contribution >= 0.6 is 58.2 Å². The van der Waals surface area contributed by atoms with E-state index in [0.717, 1.165) is 22.5 Å². The highest BCUT2D eigenvalue weighted by atomic mass is 35.5. The molecule has 2 aromatic carbocycles. The summed E-state index contributed by atoms with van der Waals surface area (Å²) in [5.41, 5.74) is 0.651. The summed E-state index contributed by atoms with van der Waals surface area (Å²) in [4.78, 5) is 12.1. The number of aromatic nitrogens is 3. The highest BCUT2D eigenvalue weighted by Gasteiger charge is 2.18. The molecule has 3 aromatic rings. The van der Waals surface area contributed by atoms with Crippen LogP contribution in [0, 0.1) is 5.82 Å². The van der Waals surface area contributed by atoms with E-state index in [1.807, 2.05) is 0 Å². The maximum absolute atomic E-state index is 13.7. The Hall–Kier alpha value is -1.71. The summed E-state index contributed by atoms with van der Waals surface area (Å²) in [6, 6.07) is 7.08. The summed E-state index contributed by atoms with van der Waals surface area (Å²) in [5, 5.41) is 11.5. The van der Waals surface area contributed by atoms with Gasteiger partial charge in [0.15, 0.2) is 5.82 Å². The number of nitrogen functional groups attached to an aromatic ring is 1. The molecule has 1 heterocycles. The molecule has 0 bridgehead atoms. The predicted molar refractivity (Wildman–Crippen MR) is 111 cm³/mol. The maximum atomic E-state index is 13.7. The number of hydrogen-bond donors (Lipinski definition) is 2. The third kappa shape index (κ3) is 4.64. The van der Waals surface area contributed by atoms with Crippen molar-refractivity contribution < 1.29 is 9.18 Å². The summed E-state index contributed by atoms with van der Waals surface area (Å²) in [6.45, 7) is 0. The van der Waals surface area contributed by atoms with Crippen LogP contribution in [0.25, 0.3) is 11.4 Å². The van der Waals surface area contributed by atoms with Crippen molar-refractivity contribution >= 4 is 69.8 Å². The molecule has 0 radical (unpaired) electrons. The molecule has 0 fully saturated rings. The molecule has 28 heavy (non-hydrogen) atoms. The highest BCUT2D eigenvalue weighted by Crippen LogP contribution is 2.32. The molecular formula is C16H10Cl4FN5OS. The van der Waals surface area contributed by atoms with Crippen LogP contribution in [0.2, 0.25) is 20.1 Å². The smallest absolute Gasteiger partial charge is 0.234 e. The van der Waals surface area contributed by atoms with Crippen LogP contribution in [-0.4, -0.2) is 26.5 Å². The molecule has 0 unspecified atom stereocenters. The summed E-state index contributed by atoms with van der Waals surface area (Å²) in [7, 11) is 0. The lowest BCUT2D eigenvalue weighted by molar-refractivity contribution is -0.113. The number of thioether (sulfide) groups is 1. The van der Waals surface area contributed by atoms with Crippen LogP contribution in [0.5, 0.6) is 0 Å². The van der Waals surface area contributed by atoms with Gasteiger partial charge in [-0.2, -0.15) is 0 Å². The lowest BCUT2D eigenvalue weighted by Gasteiger charge is -2.08. The number of amides is 1. The van der Waals surface area contributed by atoms with Crippen molar-refractivity contribution in [3.8, 4) is 11.4 Å². The molecule has 0 aliphatic heterocycles.